The largest absolute Gasteiger partial charge is 0.388 e. The maximum atomic E-state index is 13.5. The molecule has 0 bridgehead atoms. The maximum absolute atomic E-state index is 13.5. The molecule has 0 saturated carbocycles. The lowest BCUT2D eigenvalue weighted by atomic mass is 9.82. The van der Waals surface area contributed by atoms with Crippen molar-refractivity contribution in [1.82, 2.24) is 9.78 Å². The van der Waals surface area contributed by atoms with Crippen molar-refractivity contribution < 1.29 is 23.8 Å². The lowest BCUT2D eigenvalue weighted by molar-refractivity contribution is -0.105. The van der Waals surface area contributed by atoms with Crippen molar-refractivity contribution in [3.8, 4) is 0 Å². The maximum Gasteiger partial charge on any atom is 0.255 e. The van der Waals surface area contributed by atoms with Gasteiger partial charge in [-0.1, -0.05) is 39.3 Å². The fraction of sp³-hybridized carbons (Fsp3) is 0.429. The topological polar surface area (TPSA) is 87.4 Å². The summed E-state index contributed by atoms with van der Waals surface area (Å²) in [6, 6.07) is 9.72. The molecule has 0 saturated heterocycles. The summed E-state index contributed by atoms with van der Waals surface area (Å²) in [6.07, 6.45) is 3.69. The van der Waals surface area contributed by atoms with E-state index in [4.69, 9.17) is 11.6 Å². The number of hydrogen-bond donors (Lipinski definition) is 3. The summed E-state index contributed by atoms with van der Waals surface area (Å²) in [4.78, 5) is 13.4. The zero-order valence-corrected chi connectivity index (χ0v) is 23.9. The number of thioether (sulfide) groups is 1. The Morgan fingerprint density at radius 2 is 1.92 bits per heavy atom. The molecule has 6 nitrogen and oxygen atoms in total. The van der Waals surface area contributed by atoms with Gasteiger partial charge in [0.2, 0.25) is 0 Å². The van der Waals surface area contributed by atoms with Crippen LogP contribution < -0.4 is 5.32 Å². The number of carbonyl (C=O) groups excluding carboxylic acids is 1. The van der Waals surface area contributed by atoms with E-state index in [-0.39, 0.29) is 23.4 Å². The molecule has 10 heteroatoms. The highest BCUT2D eigenvalue weighted by Gasteiger charge is 2.37. The Labute approximate surface area is 232 Å². The van der Waals surface area contributed by atoms with E-state index in [2.05, 4.69) is 10.4 Å². The number of benzene rings is 2. The molecule has 0 aliphatic rings. The van der Waals surface area contributed by atoms with Gasteiger partial charge in [-0.05, 0) is 62.1 Å². The van der Waals surface area contributed by atoms with Gasteiger partial charge in [-0.25, -0.2) is 8.78 Å². The molecule has 3 rings (SSSR count). The van der Waals surface area contributed by atoms with Crippen molar-refractivity contribution in [1.29, 1.82) is 0 Å². The highest BCUT2D eigenvalue weighted by atomic mass is 35.5. The van der Waals surface area contributed by atoms with E-state index >= 15 is 0 Å². The molecule has 2 aromatic carbocycles. The van der Waals surface area contributed by atoms with Crippen molar-refractivity contribution >= 4 is 35.0 Å². The molecule has 0 aliphatic carbocycles. The van der Waals surface area contributed by atoms with Gasteiger partial charge in [0.1, 0.15) is 6.10 Å². The zero-order chi connectivity index (χ0) is 28.5. The van der Waals surface area contributed by atoms with Crippen LogP contribution in [0.2, 0.25) is 5.02 Å². The quantitative estimate of drug-likeness (QED) is 0.222. The second kappa shape index (κ2) is 14.6. The predicted molar refractivity (Wildman–Crippen MR) is 150 cm³/mol. The second-order valence-electron chi connectivity index (χ2n) is 8.98. The highest BCUT2D eigenvalue weighted by Crippen LogP contribution is 2.38. The zero-order valence-electron chi connectivity index (χ0n) is 22.3. The highest BCUT2D eigenvalue weighted by molar-refractivity contribution is 8.00. The summed E-state index contributed by atoms with van der Waals surface area (Å²) in [6.45, 7) is 9.71. The molecule has 1 heterocycles. The summed E-state index contributed by atoms with van der Waals surface area (Å²) < 4.78 is 28.2. The van der Waals surface area contributed by atoms with Crippen LogP contribution in [0, 0.1) is 17.6 Å². The standard InChI is InChI=1S/C26H30ClF2N3O3S.C2H6/c1-4-19(12-16(2)26(3,35)24(33)15-32-11-5-10-30-32)36-23-13-17(6-8-20(23)27)25(34)31-18-7-9-21(28)22(29)14-18;1-2/h5-11,13-14,16,19,24,33,35H,4,12,15H2,1-3H3,(H,31,34);1-2H3/t16-,19?,24?,26?;/m0./s1. The van der Waals surface area contributed by atoms with Crippen LogP contribution in [0.5, 0.6) is 0 Å². The van der Waals surface area contributed by atoms with E-state index < -0.39 is 29.2 Å². The third-order valence-electron chi connectivity index (χ3n) is 6.33. The normalized spacial score (nSPS) is 15.0. The minimum atomic E-state index is -1.35. The van der Waals surface area contributed by atoms with Gasteiger partial charge in [-0.3, -0.25) is 9.48 Å². The molecule has 0 fully saturated rings. The van der Waals surface area contributed by atoms with Gasteiger partial charge in [-0.15, -0.1) is 11.8 Å². The predicted octanol–water partition coefficient (Wildman–Crippen LogP) is 6.80. The van der Waals surface area contributed by atoms with Gasteiger partial charge >= 0.3 is 0 Å². The molecule has 3 unspecified atom stereocenters. The van der Waals surface area contributed by atoms with Crippen LogP contribution in [0.4, 0.5) is 14.5 Å². The summed E-state index contributed by atoms with van der Waals surface area (Å²) >= 11 is 7.90. The Hall–Kier alpha value is -2.46. The number of carbonyl (C=O) groups is 1. The van der Waals surface area contributed by atoms with E-state index in [9.17, 15) is 23.8 Å². The summed E-state index contributed by atoms with van der Waals surface area (Å²) in [5.41, 5.74) is -0.897. The molecular weight excluding hydrogens is 532 g/mol. The minimum Gasteiger partial charge on any atom is -0.388 e. The number of nitrogens with zero attached hydrogens (tertiary/aromatic N) is 2. The van der Waals surface area contributed by atoms with Gasteiger partial charge in [0.25, 0.3) is 5.91 Å². The van der Waals surface area contributed by atoms with Crippen molar-refractivity contribution in [2.24, 2.45) is 5.92 Å². The number of aliphatic hydroxyl groups is 2. The van der Waals surface area contributed by atoms with Crippen LogP contribution in [0.1, 0.15) is 57.8 Å². The number of anilines is 1. The number of nitrogens with one attached hydrogen (secondary N) is 1. The molecule has 0 spiro atoms. The van der Waals surface area contributed by atoms with Gasteiger partial charge in [0, 0.05) is 39.9 Å². The first-order valence-electron chi connectivity index (χ1n) is 12.6. The molecule has 1 amide bonds. The number of aromatic nitrogens is 2. The fourth-order valence-electron chi connectivity index (χ4n) is 3.72. The van der Waals surface area contributed by atoms with Gasteiger partial charge in [0.05, 0.1) is 17.2 Å². The summed E-state index contributed by atoms with van der Waals surface area (Å²) in [5, 5.41) is 28.9. The lowest BCUT2D eigenvalue weighted by Crippen LogP contribution is -2.48. The number of halogens is 3. The number of aliphatic hydroxyl groups excluding tert-OH is 1. The number of hydrogen-bond acceptors (Lipinski definition) is 5. The number of rotatable bonds is 11. The summed E-state index contributed by atoms with van der Waals surface area (Å²) in [7, 11) is 0. The minimum absolute atomic E-state index is 0.0467. The first-order chi connectivity index (χ1) is 18.0. The average molecular weight is 568 g/mol. The SMILES string of the molecule is CC.CCC(C[C@H](C)C(C)(O)C(O)Cn1cccn1)Sc1cc(C(=O)Nc2ccc(F)c(F)c2)ccc1Cl. The van der Waals surface area contributed by atoms with E-state index in [1.165, 1.54) is 17.8 Å². The third kappa shape index (κ3) is 8.53. The van der Waals surface area contributed by atoms with Crippen molar-refractivity contribution in [3.05, 3.63) is 77.1 Å². The Balaban J connectivity index is 0.00000247. The van der Waals surface area contributed by atoms with Crippen LogP contribution in [0.25, 0.3) is 0 Å². The van der Waals surface area contributed by atoms with Gasteiger partial charge in [-0.2, -0.15) is 5.10 Å². The third-order valence-corrected chi connectivity index (χ3v) is 8.22. The fourth-order valence-corrected chi connectivity index (χ4v) is 5.26. The Kier molecular flexibility index (Phi) is 12.2. The molecule has 0 radical (unpaired) electrons. The van der Waals surface area contributed by atoms with Crippen LogP contribution >= 0.6 is 23.4 Å². The molecular formula is C28H36ClF2N3O3S. The van der Waals surface area contributed by atoms with E-state index in [0.29, 0.717) is 21.9 Å². The van der Waals surface area contributed by atoms with Crippen molar-refractivity contribution in [2.45, 2.75) is 75.9 Å². The molecule has 38 heavy (non-hydrogen) atoms. The Morgan fingerprint density at radius 3 is 2.53 bits per heavy atom. The summed E-state index contributed by atoms with van der Waals surface area (Å²) in [5.74, 6) is -2.78. The van der Waals surface area contributed by atoms with Gasteiger partial charge in [0.15, 0.2) is 11.6 Å². The van der Waals surface area contributed by atoms with Crippen LogP contribution in [0.3, 0.4) is 0 Å². The van der Waals surface area contributed by atoms with Crippen LogP contribution in [-0.4, -0.2) is 42.9 Å². The monoisotopic (exact) mass is 567 g/mol. The number of amides is 1. The van der Waals surface area contributed by atoms with E-state index in [0.717, 1.165) is 18.6 Å². The molecule has 3 N–H and O–H groups in total. The Morgan fingerprint density at radius 1 is 1.21 bits per heavy atom. The molecule has 3 aromatic rings. The average Bonchev–Trinajstić information content (AvgIpc) is 3.41. The van der Waals surface area contributed by atoms with Crippen molar-refractivity contribution in [2.75, 3.05) is 5.32 Å². The lowest BCUT2D eigenvalue weighted by Gasteiger charge is -2.36. The second-order valence-corrected chi connectivity index (χ2v) is 10.7. The molecule has 4 atom stereocenters. The van der Waals surface area contributed by atoms with Crippen molar-refractivity contribution in [3.63, 3.8) is 0 Å². The molecule has 1 aromatic heterocycles. The van der Waals surface area contributed by atoms with Gasteiger partial charge < -0.3 is 15.5 Å². The van der Waals surface area contributed by atoms with E-state index in [1.807, 2.05) is 27.7 Å². The first-order valence-corrected chi connectivity index (χ1v) is 13.9. The van der Waals surface area contributed by atoms with Crippen LogP contribution in [0.15, 0.2) is 59.8 Å². The van der Waals surface area contributed by atoms with Crippen LogP contribution in [-0.2, 0) is 6.54 Å². The smallest absolute Gasteiger partial charge is 0.255 e. The van der Waals surface area contributed by atoms with E-state index in [1.54, 1.807) is 48.3 Å². The first kappa shape index (κ1) is 31.8. The molecule has 208 valence electrons. The Bertz CT molecular complexity index is 1180. The molecule has 0 aliphatic heterocycles.